The SMILES string of the molecule is Cc1cc(C)cc(NC(C)CC2COCCN2)c1. The Bertz CT molecular complexity index is 366. The molecule has 0 bridgehead atoms. The normalized spacial score (nSPS) is 21.6. The number of hydrogen-bond acceptors (Lipinski definition) is 3. The Morgan fingerprint density at radius 1 is 1.33 bits per heavy atom. The smallest absolute Gasteiger partial charge is 0.0621 e. The van der Waals surface area contributed by atoms with Crippen LogP contribution in [-0.4, -0.2) is 31.8 Å². The first-order valence-electron chi connectivity index (χ1n) is 6.79. The Hall–Kier alpha value is -1.06. The van der Waals surface area contributed by atoms with E-state index in [2.05, 4.69) is 49.6 Å². The molecule has 1 aromatic carbocycles. The molecule has 18 heavy (non-hydrogen) atoms. The molecule has 2 rings (SSSR count). The van der Waals surface area contributed by atoms with Gasteiger partial charge in [-0.2, -0.15) is 0 Å². The van der Waals surface area contributed by atoms with E-state index in [0.29, 0.717) is 12.1 Å². The van der Waals surface area contributed by atoms with E-state index in [4.69, 9.17) is 4.74 Å². The molecule has 2 unspecified atom stereocenters. The van der Waals surface area contributed by atoms with Crippen molar-refractivity contribution in [2.45, 2.75) is 39.3 Å². The predicted molar refractivity (Wildman–Crippen MR) is 76.2 cm³/mol. The molecule has 1 saturated heterocycles. The largest absolute Gasteiger partial charge is 0.383 e. The molecule has 0 spiro atoms. The first kappa shape index (κ1) is 13.4. The van der Waals surface area contributed by atoms with E-state index in [9.17, 15) is 0 Å². The van der Waals surface area contributed by atoms with E-state index in [1.165, 1.54) is 16.8 Å². The van der Waals surface area contributed by atoms with Gasteiger partial charge in [-0.25, -0.2) is 0 Å². The standard InChI is InChI=1S/C15H24N2O/c1-11-6-12(2)8-14(7-11)17-13(3)9-15-10-18-5-4-16-15/h6-8,13,15-17H,4-5,9-10H2,1-3H3. The topological polar surface area (TPSA) is 33.3 Å². The summed E-state index contributed by atoms with van der Waals surface area (Å²) in [6.45, 7) is 9.15. The van der Waals surface area contributed by atoms with Crippen molar-refractivity contribution in [1.82, 2.24) is 5.32 Å². The van der Waals surface area contributed by atoms with Crippen molar-refractivity contribution in [2.24, 2.45) is 0 Å². The van der Waals surface area contributed by atoms with Crippen molar-refractivity contribution in [3.8, 4) is 0 Å². The van der Waals surface area contributed by atoms with Crippen molar-refractivity contribution in [1.29, 1.82) is 0 Å². The summed E-state index contributed by atoms with van der Waals surface area (Å²) in [6.07, 6.45) is 1.09. The summed E-state index contributed by atoms with van der Waals surface area (Å²) in [5.41, 5.74) is 3.84. The van der Waals surface area contributed by atoms with Crippen LogP contribution < -0.4 is 10.6 Å². The number of morpholine rings is 1. The molecule has 1 fully saturated rings. The number of nitrogens with one attached hydrogen (secondary N) is 2. The first-order valence-corrected chi connectivity index (χ1v) is 6.79. The predicted octanol–water partition coefficient (Wildman–Crippen LogP) is 2.48. The van der Waals surface area contributed by atoms with Crippen LogP contribution in [0.2, 0.25) is 0 Å². The highest BCUT2D eigenvalue weighted by Gasteiger charge is 2.16. The van der Waals surface area contributed by atoms with Gasteiger partial charge in [-0.05, 0) is 50.5 Å². The Balaban J connectivity index is 1.87. The van der Waals surface area contributed by atoms with Crippen molar-refractivity contribution < 1.29 is 4.74 Å². The molecule has 1 aliphatic rings. The highest BCUT2D eigenvalue weighted by atomic mass is 16.5. The third-order valence-corrected chi connectivity index (χ3v) is 3.27. The van der Waals surface area contributed by atoms with E-state index < -0.39 is 0 Å². The Labute approximate surface area is 110 Å². The van der Waals surface area contributed by atoms with Crippen LogP contribution in [0.1, 0.15) is 24.5 Å². The van der Waals surface area contributed by atoms with E-state index in [0.717, 1.165) is 26.2 Å². The second-order valence-electron chi connectivity index (χ2n) is 5.38. The van der Waals surface area contributed by atoms with E-state index in [1.807, 2.05) is 0 Å². The number of anilines is 1. The zero-order valence-electron chi connectivity index (χ0n) is 11.6. The number of ether oxygens (including phenoxy) is 1. The van der Waals surface area contributed by atoms with E-state index in [-0.39, 0.29) is 0 Å². The highest BCUT2D eigenvalue weighted by Crippen LogP contribution is 2.16. The van der Waals surface area contributed by atoms with Crippen LogP contribution in [0.15, 0.2) is 18.2 Å². The molecule has 1 aromatic rings. The summed E-state index contributed by atoms with van der Waals surface area (Å²) >= 11 is 0. The number of benzene rings is 1. The lowest BCUT2D eigenvalue weighted by atomic mass is 10.1. The quantitative estimate of drug-likeness (QED) is 0.859. The van der Waals surface area contributed by atoms with Crippen molar-refractivity contribution in [3.63, 3.8) is 0 Å². The fourth-order valence-corrected chi connectivity index (χ4v) is 2.60. The molecular weight excluding hydrogens is 224 g/mol. The minimum atomic E-state index is 0.449. The molecule has 2 atom stereocenters. The number of rotatable bonds is 4. The highest BCUT2D eigenvalue weighted by molar-refractivity contribution is 5.48. The minimum absolute atomic E-state index is 0.449. The maximum atomic E-state index is 5.48. The van der Waals surface area contributed by atoms with Crippen molar-refractivity contribution in [3.05, 3.63) is 29.3 Å². The maximum Gasteiger partial charge on any atom is 0.0621 e. The molecule has 1 aliphatic heterocycles. The molecule has 0 amide bonds. The second kappa shape index (κ2) is 6.21. The van der Waals surface area contributed by atoms with E-state index >= 15 is 0 Å². The van der Waals surface area contributed by atoms with Gasteiger partial charge in [-0.15, -0.1) is 0 Å². The van der Waals surface area contributed by atoms with Crippen LogP contribution in [-0.2, 0) is 4.74 Å². The summed E-state index contributed by atoms with van der Waals surface area (Å²) in [7, 11) is 0. The van der Waals surface area contributed by atoms with Crippen molar-refractivity contribution in [2.75, 3.05) is 25.1 Å². The Morgan fingerprint density at radius 2 is 2.06 bits per heavy atom. The lowest BCUT2D eigenvalue weighted by Gasteiger charge is -2.27. The van der Waals surface area contributed by atoms with Crippen LogP contribution in [0.5, 0.6) is 0 Å². The van der Waals surface area contributed by atoms with Crippen LogP contribution in [0, 0.1) is 13.8 Å². The molecule has 2 N–H and O–H groups in total. The van der Waals surface area contributed by atoms with Crippen LogP contribution >= 0.6 is 0 Å². The van der Waals surface area contributed by atoms with Gasteiger partial charge in [0.25, 0.3) is 0 Å². The third kappa shape index (κ3) is 4.00. The first-order chi connectivity index (χ1) is 8.63. The zero-order valence-corrected chi connectivity index (χ0v) is 11.6. The van der Waals surface area contributed by atoms with Gasteiger partial charge in [0.1, 0.15) is 0 Å². The summed E-state index contributed by atoms with van der Waals surface area (Å²) in [4.78, 5) is 0. The lowest BCUT2D eigenvalue weighted by molar-refractivity contribution is 0.0731. The molecule has 0 aliphatic carbocycles. The van der Waals surface area contributed by atoms with Gasteiger partial charge in [0.05, 0.1) is 13.2 Å². The molecule has 3 nitrogen and oxygen atoms in total. The average molecular weight is 248 g/mol. The molecule has 0 saturated carbocycles. The van der Waals surface area contributed by atoms with Crippen molar-refractivity contribution >= 4 is 5.69 Å². The number of hydrogen-bond donors (Lipinski definition) is 2. The number of aryl methyl sites for hydroxylation is 2. The molecule has 100 valence electrons. The van der Waals surface area contributed by atoms with E-state index in [1.54, 1.807) is 0 Å². The maximum absolute atomic E-state index is 5.48. The minimum Gasteiger partial charge on any atom is -0.383 e. The molecule has 0 aromatic heterocycles. The Morgan fingerprint density at radius 3 is 2.67 bits per heavy atom. The van der Waals surface area contributed by atoms with Gasteiger partial charge in [0.15, 0.2) is 0 Å². The fourth-order valence-electron chi connectivity index (χ4n) is 2.60. The summed E-state index contributed by atoms with van der Waals surface area (Å²) < 4.78 is 5.48. The molecule has 3 heteroatoms. The lowest BCUT2D eigenvalue weighted by Crippen LogP contribution is -2.43. The van der Waals surface area contributed by atoms with Crippen LogP contribution in [0.3, 0.4) is 0 Å². The summed E-state index contributed by atoms with van der Waals surface area (Å²) in [6, 6.07) is 7.53. The fraction of sp³-hybridized carbons (Fsp3) is 0.600. The van der Waals surface area contributed by atoms with Gasteiger partial charge < -0.3 is 15.4 Å². The van der Waals surface area contributed by atoms with Crippen LogP contribution in [0.4, 0.5) is 5.69 Å². The molecule has 0 radical (unpaired) electrons. The van der Waals surface area contributed by atoms with Gasteiger partial charge in [0, 0.05) is 24.3 Å². The third-order valence-electron chi connectivity index (χ3n) is 3.27. The van der Waals surface area contributed by atoms with Gasteiger partial charge in [0.2, 0.25) is 0 Å². The molecule has 1 heterocycles. The van der Waals surface area contributed by atoms with Crippen LogP contribution in [0.25, 0.3) is 0 Å². The average Bonchev–Trinajstić information content (AvgIpc) is 2.28. The second-order valence-corrected chi connectivity index (χ2v) is 5.38. The Kier molecular flexibility index (Phi) is 4.61. The zero-order chi connectivity index (χ0) is 13.0. The molecular formula is C15H24N2O. The van der Waals surface area contributed by atoms with Gasteiger partial charge in [-0.3, -0.25) is 0 Å². The van der Waals surface area contributed by atoms with Gasteiger partial charge >= 0.3 is 0 Å². The summed E-state index contributed by atoms with van der Waals surface area (Å²) in [5, 5.41) is 7.07. The summed E-state index contributed by atoms with van der Waals surface area (Å²) in [5.74, 6) is 0. The van der Waals surface area contributed by atoms with Gasteiger partial charge in [-0.1, -0.05) is 6.07 Å². The monoisotopic (exact) mass is 248 g/mol.